The van der Waals surface area contributed by atoms with Crippen LogP contribution in [0.3, 0.4) is 0 Å². The number of amides is 2. The van der Waals surface area contributed by atoms with E-state index in [-0.39, 0.29) is 11.8 Å². The van der Waals surface area contributed by atoms with Gasteiger partial charge in [0.25, 0.3) is 5.91 Å². The van der Waals surface area contributed by atoms with Crippen molar-refractivity contribution >= 4 is 11.8 Å². The molecule has 2 aromatic carbocycles. The molecule has 1 aliphatic rings. The second-order valence-electron chi connectivity index (χ2n) is 8.64. The molecule has 0 N–H and O–H groups in total. The first kappa shape index (κ1) is 21.7. The molecule has 4 rings (SSSR count). The van der Waals surface area contributed by atoms with Gasteiger partial charge in [0.15, 0.2) is 0 Å². The van der Waals surface area contributed by atoms with Crippen molar-refractivity contribution in [2.75, 3.05) is 27.2 Å². The lowest BCUT2D eigenvalue weighted by molar-refractivity contribution is -0.142. The molecule has 0 aliphatic carbocycles. The number of aromatic nitrogens is 2. The zero-order valence-corrected chi connectivity index (χ0v) is 18.6. The number of rotatable bonds is 5. The highest BCUT2D eigenvalue weighted by Crippen LogP contribution is 2.36. The van der Waals surface area contributed by atoms with Crippen LogP contribution in [0.1, 0.15) is 28.9 Å². The fourth-order valence-electron chi connectivity index (χ4n) is 4.58. The molecule has 3 aromatic rings. The highest BCUT2D eigenvalue weighted by molar-refractivity contribution is 5.93. The SMILES string of the molecule is CN(C)C(=O)[C@]1(Cc2ccc(-c3ccccc3)cc2)CCCN(C(=O)c2cnccn2)C1. The van der Waals surface area contributed by atoms with E-state index < -0.39 is 5.41 Å². The molecule has 0 spiro atoms. The van der Waals surface area contributed by atoms with Gasteiger partial charge in [-0.25, -0.2) is 4.98 Å². The van der Waals surface area contributed by atoms with Gasteiger partial charge >= 0.3 is 0 Å². The van der Waals surface area contributed by atoms with Crippen molar-refractivity contribution in [1.29, 1.82) is 0 Å². The Balaban J connectivity index is 1.59. The summed E-state index contributed by atoms with van der Waals surface area (Å²) in [5.74, 6) is -0.116. The second-order valence-corrected chi connectivity index (χ2v) is 8.64. The minimum absolute atomic E-state index is 0.0567. The van der Waals surface area contributed by atoms with Crippen molar-refractivity contribution in [1.82, 2.24) is 19.8 Å². The van der Waals surface area contributed by atoms with Crippen molar-refractivity contribution in [3.63, 3.8) is 0 Å². The Bertz CT molecular complexity index is 1070. The lowest BCUT2D eigenvalue weighted by Gasteiger charge is -2.43. The zero-order chi connectivity index (χ0) is 22.6. The van der Waals surface area contributed by atoms with Gasteiger partial charge in [-0.15, -0.1) is 0 Å². The lowest BCUT2D eigenvalue weighted by atomic mass is 9.73. The van der Waals surface area contributed by atoms with Crippen molar-refractivity contribution < 1.29 is 9.59 Å². The molecule has 0 unspecified atom stereocenters. The van der Waals surface area contributed by atoms with E-state index in [2.05, 4.69) is 46.4 Å². The highest BCUT2D eigenvalue weighted by Gasteiger charge is 2.44. The van der Waals surface area contributed by atoms with E-state index in [1.54, 1.807) is 30.1 Å². The van der Waals surface area contributed by atoms with Crippen LogP contribution >= 0.6 is 0 Å². The van der Waals surface area contributed by atoms with E-state index >= 15 is 0 Å². The maximum Gasteiger partial charge on any atom is 0.274 e. The standard InChI is InChI=1S/C26H28N4O2/c1-29(2)25(32)26(13-6-16-30(19-26)24(31)23-18-27-14-15-28-23)17-20-9-11-22(12-10-20)21-7-4-3-5-8-21/h3-5,7-12,14-15,18H,6,13,16-17,19H2,1-2H3/t26-/m0/s1. The summed E-state index contributed by atoms with van der Waals surface area (Å²) in [6.07, 6.45) is 6.65. The minimum atomic E-state index is -0.659. The molecular formula is C26H28N4O2. The van der Waals surface area contributed by atoms with Crippen LogP contribution in [0.5, 0.6) is 0 Å². The molecule has 0 saturated carbocycles. The van der Waals surface area contributed by atoms with Crippen LogP contribution in [-0.4, -0.2) is 58.8 Å². The van der Waals surface area contributed by atoms with Crippen molar-refractivity contribution in [2.24, 2.45) is 5.41 Å². The van der Waals surface area contributed by atoms with Crippen LogP contribution < -0.4 is 0 Å². The van der Waals surface area contributed by atoms with Crippen LogP contribution in [0, 0.1) is 5.41 Å². The van der Waals surface area contributed by atoms with Crippen molar-refractivity contribution in [3.05, 3.63) is 84.4 Å². The molecule has 0 bridgehead atoms. The quantitative estimate of drug-likeness (QED) is 0.622. The number of hydrogen-bond donors (Lipinski definition) is 0. The molecular weight excluding hydrogens is 400 g/mol. The third kappa shape index (κ3) is 4.54. The van der Waals surface area contributed by atoms with Crippen molar-refractivity contribution in [3.8, 4) is 11.1 Å². The van der Waals surface area contributed by atoms with Crippen LogP contribution in [0.4, 0.5) is 0 Å². The van der Waals surface area contributed by atoms with Crippen LogP contribution in [-0.2, 0) is 11.2 Å². The molecule has 6 heteroatoms. The van der Waals surface area contributed by atoms with E-state index in [0.29, 0.717) is 25.2 Å². The second kappa shape index (κ2) is 9.30. The van der Waals surface area contributed by atoms with Gasteiger partial charge < -0.3 is 9.80 Å². The summed E-state index contributed by atoms with van der Waals surface area (Å²) in [5, 5.41) is 0. The summed E-state index contributed by atoms with van der Waals surface area (Å²) in [7, 11) is 3.57. The number of nitrogens with zero attached hydrogens (tertiary/aromatic N) is 4. The van der Waals surface area contributed by atoms with Crippen LogP contribution in [0.2, 0.25) is 0 Å². The van der Waals surface area contributed by atoms with E-state index in [9.17, 15) is 9.59 Å². The number of carbonyl (C=O) groups is 2. The summed E-state index contributed by atoms with van der Waals surface area (Å²) in [5.41, 5.74) is 3.05. The Morgan fingerprint density at radius 3 is 2.38 bits per heavy atom. The number of hydrogen-bond acceptors (Lipinski definition) is 4. The average Bonchev–Trinajstić information content (AvgIpc) is 2.84. The monoisotopic (exact) mass is 428 g/mol. The van der Waals surface area contributed by atoms with Gasteiger partial charge in [0.1, 0.15) is 5.69 Å². The first-order valence-corrected chi connectivity index (χ1v) is 10.9. The van der Waals surface area contributed by atoms with Gasteiger partial charge in [-0.1, -0.05) is 54.6 Å². The summed E-state index contributed by atoms with van der Waals surface area (Å²) in [4.78, 5) is 38.0. The molecule has 2 amide bonds. The fraction of sp³-hybridized carbons (Fsp3) is 0.308. The van der Waals surface area contributed by atoms with Gasteiger partial charge in [-0.2, -0.15) is 0 Å². The maximum absolute atomic E-state index is 13.4. The molecule has 1 saturated heterocycles. The van der Waals surface area contributed by atoms with Gasteiger partial charge in [0.2, 0.25) is 5.91 Å². The fourth-order valence-corrected chi connectivity index (χ4v) is 4.58. The van der Waals surface area contributed by atoms with Crippen LogP contribution in [0.15, 0.2) is 73.2 Å². The number of benzene rings is 2. The summed E-state index contributed by atoms with van der Waals surface area (Å²) in [6.45, 7) is 0.991. The molecule has 0 radical (unpaired) electrons. The van der Waals surface area contributed by atoms with E-state index in [1.165, 1.54) is 12.4 Å². The number of piperidine rings is 1. The summed E-state index contributed by atoms with van der Waals surface area (Å²) < 4.78 is 0. The predicted molar refractivity (Wildman–Crippen MR) is 124 cm³/mol. The third-order valence-corrected chi connectivity index (χ3v) is 6.11. The molecule has 1 fully saturated rings. The first-order chi connectivity index (χ1) is 15.5. The molecule has 6 nitrogen and oxygen atoms in total. The Morgan fingerprint density at radius 2 is 1.72 bits per heavy atom. The molecule has 32 heavy (non-hydrogen) atoms. The third-order valence-electron chi connectivity index (χ3n) is 6.11. The predicted octanol–water partition coefficient (Wildman–Crippen LogP) is 3.70. The van der Waals surface area contributed by atoms with Crippen LogP contribution in [0.25, 0.3) is 11.1 Å². The minimum Gasteiger partial charge on any atom is -0.348 e. The Labute approximate surface area is 188 Å². The zero-order valence-electron chi connectivity index (χ0n) is 18.6. The summed E-state index contributed by atoms with van der Waals surface area (Å²) in [6, 6.07) is 18.6. The normalized spacial score (nSPS) is 18.2. The van der Waals surface area contributed by atoms with Gasteiger partial charge in [0, 0.05) is 39.6 Å². The smallest absolute Gasteiger partial charge is 0.274 e. The van der Waals surface area contributed by atoms with E-state index in [0.717, 1.165) is 29.5 Å². The number of likely N-dealkylation sites (tertiary alicyclic amines) is 1. The first-order valence-electron chi connectivity index (χ1n) is 10.9. The van der Waals surface area contributed by atoms with E-state index in [4.69, 9.17) is 0 Å². The van der Waals surface area contributed by atoms with Gasteiger partial charge in [0.05, 0.1) is 11.6 Å². The van der Waals surface area contributed by atoms with E-state index in [1.807, 2.05) is 18.2 Å². The number of carbonyl (C=O) groups excluding carboxylic acids is 2. The molecule has 1 aromatic heterocycles. The molecule has 164 valence electrons. The van der Waals surface area contributed by atoms with Gasteiger partial charge in [-0.05, 0) is 36.0 Å². The lowest BCUT2D eigenvalue weighted by Crippen LogP contribution is -2.54. The molecule has 1 aliphatic heterocycles. The van der Waals surface area contributed by atoms with Gasteiger partial charge in [-0.3, -0.25) is 14.6 Å². The summed E-state index contributed by atoms with van der Waals surface area (Å²) >= 11 is 0. The average molecular weight is 429 g/mol. The molecule has 2 heterocycles. The Hall–Kier alpha value is -3.54. The topological polar surface area (TPSA) is 66.4 Å². The largest absolute Gasteiger partial charge is 0.348 e. The van der Waals surface area contributed by atoms with Crippen molar-refractivity contribution in [2.45, 2.75) is 19.3 Å². The molecule has 1 atom stereocenters. The Kier molecular flexibility index (Phi) is 6.30. The Morgan fingerprint density at radius 1 is 1.00 bits per heavy atom. The highest BCUT2D eigenvalue weighted by atomic mass is 16.2. The maximum atomic E-state index is 13.4.